The molecule has 0 atom stereocenters. The summed E-state index contributed by atoms with van der Waals surface area (Å²) in [5, 5.41) is 2.73. The Morgan fingerprint density at radius 3 is 2.57 bits per heavy atom. The van der Waals surface area contributed by atoms with Gasteiger partial charge >= 0.3 is 0 Å². The van der Waals surface area contributed by atoms with Gasteiger partial charge in [-0.15, -0.1) is 0 Å². The predicted molar refractivity (Wildman–Crippen MR) is 140 cm³/mol. The molecule has 6 bridgehead atoms. The number of hydrogen-bond acceptors (Lipinski definition) is 7. The van der Waals surface area contributed by atoms with E-state index >= 15 is 0 Å². The second kappa shape index (κ2) is 9.90. The van der Waals surface area contributed by atoms with E-state index in [0.29, 0.717) is 52.6 Å². The molecule has 0 aliphatic carbocycles. The molecule has 1 aromatic heterocycles. The summed E-state index contributed by atoms with van der Waals surface area (Å²) in [5.41, 5.74) is 2.47. The first kappa shape index (κ1) is 24.3. The number of amides is 1. The number of carbonyl (C=O) groups is 1. The molecule has 4 aromatic rings. The molecule has 0 fully saturated rings. The number of ether oxygens (including phenoxy) is 2. The number of anilines is 2. The van der Waals surface area contributed by atoms with Gasteiger partial charge in [-0.1, -0.05) is 31.2 Å². The summed E-state index contributed by atoms with van der Waals surface area (Å²) in [5.74, 6) is 0.565. The van der Waals surface area contributed by atoms with E-state index in [1.54, 1.807) is 36.4 Å². The quantitative estimate of drug-likeness (QED) is 0.379. The molecule has 0 unspecified atom stereocenters. The van der Waals surface area contributed by atoms with Crippen molar-refractivity contribution in [3.8, 4) is 28.6 Å². The number of para-hydroxylation sites is 1. The number of benzene rings is 3. The summed E-state index contributed by atoms with van der Waals surface area (Å²) in [6.07, 6.45) is 0.486. The van der Waals surface area contributed by atoms with Crippen LogP contribution in [0.25, 0.3) is 11.3 Å². The molecule has 37 heavy (non-hydrogen) atoms. The average molecular weight is 517 g/mol. The van der Waals surface area contributed by atoms with Crippen molar-refractivity contribution in [3.05, 3.63) is 83.9 Å². The van der Waals surface area contributed by atoms with Gasteiger partial charge in [0.05, 0.1) is 17.2 Å². The van der Waals surface area contributed by atoms with Gasteiger partial charge in [0.15, 0.2) is 0 Å². The van der Waals surface area contributed by atoms with Crippen LogP contribution in [0.1, 0.15) is 29.8 Å². The highest BCUT2D eigenvalue weighted by Crippen LogP contribution is 2.37. The summed E-state index contributed by atoms with van der Waals surface area (Å²) in [6.45, 7) is 4.25. The molecule has 1 aliphatic rings. The summed E-state index contributed by atoms with van der Waals surface area (Å²) in [6, 6.07) is 20.0. The fraction of sp³-hybridized carbons (Fsp3) is 0.148. The normalized spacial score (nSPS) is 13.9. The molecule has 5 rings (SSSR count). The second-order valence-electron chi connectivity index (χ2n) is 8.18. The lowest BCUT2D eigenvalue weighted by atomic mass is 10.0. The first-order valence-corrected chi connectivity index (χ1v) is 13.2. The Morgan fingerprint density at radius 1 is 0.946 bits per heavy atom. The monoisotopic (exact) mass is 516 g/mol. The molecule has 0 spiro atoms. The summed E-state index contributed by atoms with van der Waals surface area (Å²) in [4.78, 5) is 21.9. The first-order valence-electron chi connectivity index (χ1n) is 11.7. The number of fused-ring (bicyclic) bond motifs is 6. The highest BCUT2D eigenvalue weighted by Gasteiger charge is 2.24. The van der Waals surface area contributed by atoms with Crippen LogP contribution in [-0.4, -0.2) is 30.9 Å². The van der Waals surface area contributed by atoms with E-state index in [-0.39, 0.29) is 16.7 Å². The highest BCUT2D eigenvalue weighted by molar-refractivity contribution is 7.92. The third-order valence-electron chi connectivity index (χ3n) is 5.70. The van der Waals surface area contributed by atoms with E-state index in [9.17, 15) is 13.2 Å². The first-order chi connectivity index (χ1) is 17.9. The van der Waals surface area contributed by atoms with Gasteiger partial charge in [0, 0.05) is 22.4 Å². The van der Waals surface area contributed by atoms with Gasteiger partial charge in [-0.3, -0.25) is 4.79 Å². The number of hydrogen-bond donors (Lipinski definition) is 2. The fourth-order valence-electron chi connectivity index (χ4n) is 4.01. The number of carbonyl (C=O) groups excluding carboxylic acids is 1. The van der Waals surface area contributed by atoms with Crippen LogP contribution >= 0.6 is 0 Å². The highest BCUT2D eigenvalue weighted by atomic mass is 32.2. The van der Waals surface area contributed by atoms with E-state index in [1.165, 1.54) is 12.1 Å². The van der Waals surface area contributed by atoms with E-state index in [4.69, 9.17) is 9.47 Å². The summed E-state index contributed by atoms with van der Waals surface area (Å²) < 4.78 is 41.0. The Labute approximate surface area is 214 Å². The molecule has 2 N–H and O–H groups in total. The predicted octanol–water partition coefficient (Wildman–Crippen LogP) is 5.26. The molecule has 0 saturated heterocycles. The SMILES string of the molecule is CCOc1ccccc1-c1nc2nc(c1CC)Oc1cccc(c1)C(=O)Nc1cccc(c1)S(=O)(=O)N2. The maximum atomic E-state index is 13.3. The fourth-order valence-corrected chi connectivity index (χ4v) is 5.00. The maximum absolute atomic E-state index is 13.3. The largest absolute Gasteiger partial charge is 0.493 e. The van der Waals surface area contributed by atoms with Crippen molar-refractivity contribution in [2.75, 3.05) is 16.6 Å². The zero-order valence-corrected chi connectivity index (χ0v) is 21.0. The minimum absolute atomic E-state index is 0.0574. The summed E-state index contributed by atoms with van der Waals surface area (Å²) in [7, 11) is -4.10. The van der Waals surface area contributed by atoms with Gasteiger partial charge in [0.1, 0.15) is 11.5 Å². The van der Waals surface area contributed by atoms with Crippen molar-refractivity contribution in [1.29, 1.82) is 0 Å². The van der Waals surface area contributed by atoms with Crippen molar-refractivity contribution >= 4 is 27.6 Å². The Morgan fingerprint density at radius 2 is 1.76 bits per heavy atom. The Balaban J connectivity index is 1.76. The number of sulfonamides is 1. The lowest BCUT2D eigenvalue weighted by molar-refractivity contribution is 0.102. The van der Waals surface area contributed by atoms with Crippen molar-refractivity contribution in [2.24, 2.45) is 0 Å². The standard InChI is InChI=1S/C27H24N4O5S/c1-3-21-24(22-13-5-6-14-23(22)35-4-2)29-27-30-26(21)36-19-11-7-9-17(15-19)25(32)28-18-10-8-12-20(16-18)37(33,34)31-27/h5-16H,3-4H2,1-2H3,(H,28,32)(H,29,30,31). The smallest absolute Gasteiger partial charge is 0.264 e. The third kappa shape index (κ3) is 4.96. The molecular formula is C27H24N4O5S. The van der Waals surface area contributed by atoms with E-state index in [0.717, 1.165) is 0 Å². The van der Waals surface area contributed by atoms with Crippen molar-refractivity contribution in [1.82, 2.24) is 9.97 Å². The lowest BCUT2D eigenvalue weighted by Gasteiger charge is -2.18. The Hall–Kier alpha value is -4.44. The zero-order valence-electron chi connectivity index (χ0n) is 20.2. The van der Waals surface area contributed by atoms with Crippen LogP contribution in [0.5, 0.6) is 17.4 Å². The molecule has 3 aromatic carbocycles. The molecular weight excluding hydrogens is 492 g/mol. The number of nitrogens with one attached hydrogen (secondary N) is 2. The number of aromatic nitrogens is 2. The molecule has 9 nitrogen and oxygen atoms in total. The van der Waals surface area contributed by atoms with Crippen LogP contribution in [-0.2, 0) is 16.4 Å². The van der Waals surface area contributed by atoms with Crippen LogP contribution in [0.15, 0.2) is 77.7 Å². The van der Waals surface area contributed by atoms with E-state index in [1.807, 2.05) is 38.1 Å². The van der Waals surface area contributed by atoms with Gasteiger partial charge < -0.3 is 14.8 Å². The molecule has 1 aliphatic heterocycles. The van der Waals surface area contributed by atoms with Crippen LogP contribution in [0.4, 0.5) is 11.6 Å². The van der Waals surface area contributed by atoms with Crippen LogP contribution in [0.3, 0.4) is 0 Å². The van der Waals surface area contributed by atoms with Crippen LogP contribution in [0, 0.1) is 0 Å². The zero-order chi connectivity index (χ0) is 26.0. The summed E-state index contributed by atoms with van der Waals surface area (Å²) >= 11 is 0. The molecule has 0 radical (unpaired) electrons. The molecule has 188 valence electrons. The van der Waals surface area contributed by atoms with Crippen LogP contribution in [0.2, 0.25) is 0 Å². The minimum atomic E-state index is -4.10. The molecule has 2 heterocycles. The molecule has 1 amide bonds. The third-order valence-corrected chi connectivity index (χ3v) is 7.03. The topological polar surface area (TPSA) is 120 Å². The second-order valence-corrected chi connectivity index (χ2v) is 9.86. The van der Waals surface area contributed by atoms with Crippen LogP contribution < -0.4 is 19.5 Å². The lowest BCUT2D eigenvalue weighted by Crippen LogP contribution is -2.18. The number of nitrogens with zero attached hydrogens (tertiary/aromatic N) is 2. The number of rotatable bonds is 4. The van der Waals surface area contributed by atoms with Crippen molar-refractivity contribution < 1.29 is 22.7 Å². The van der Waals surface area contributed by atoms with Crippen molar-refractivity contribution in [2.45, 2.75) is 25.2 Å². The Bertz CT molecular complexity index is 1600. The maximum Gasteiger partial charge on any atom is 0.264 e. The van der Waals surface area contributed by atoms with Crippen molar-refractivity contribution in [3.63, 3.8) is 0 Å². The van der Waals surface area contributed by atoms with Gasteiger partial charge in [0.2, 0.25) is 11.8 Å². The van der Waals surface area contributed by atoms with E-state index < -0.39 is 15.9 Å². The molecule has 0 saturated carbocycles. The average Bonchev–Trinajstić information content (AvgIpc) is 2.89. The van der Waals surface area contributed by atoms with Gasteiger partial charge in [-0.2, -0.15) is 4.98 Å². The van der Waals surface area contributed by atoms with Gasteiger partial charge in [-0.25, -0.2) is 18.1 Å². The minimum Gasteiger partial charge on any atom is -0.493 e. The molecule has 10 heteroatoms. The van der Waals surface area contributed by atoms with Gasteiger partial charge in [0.25, 0.3) is 15.9 Å². The van der Waals surface area contributed by atoms with E-state index in [2.05, 4.69) is 20.0 Å². The van der Waals surface area contributed by atoms with Gasteiger partial charge in [-0.05, 0) is 61.9 Å². The Kier molecular flexibility index (Phi) is 6.49.